The molecule has 6 nitrogen and oxygen atoms in total. The summed E-state index contributed by atoms with van der Waals surface area (Å²) >= 11 is 1.60. The molecule has 2 aromatic heterocycles. The summed E-state index contributed by atoms with van der Waals surface area (Å²) in [6.07, 6.45) is 4.24. The molecule has 1 aliphatic heterocycles. The van der Waals surface area contributed by atoms with Gasteiger partial charge in [0.15, 0.2) is 0 Å². The van der Waals surface area contributed by atoms with Crippen molar-refractivity contribution in [1.82, 2.24) is 15.0 Å². The number of carbonyl (C=O) groups is 1. The van der Waals surface area contributed by atoms with E-state index in [-0.39, 0.29) is 5.91 Å². The van der Waals surface area contributed by atoms with Crippen LogP contribution in [0.2, 0.25) is 0 Å². The Morgan fingerprint density at radius 2 is 2.29 bits per heavy atom. The first kappa shape index (κ1) is 15.8. The molecule has 2 aliphatic rings. The van der Waals surface area contributed by atoms with E-state index < -0.39 is 0 Å². The highest BCUT2D eigenvalue weighted by Gasteiger charge is 2.34. The van der Waals surface area contributed by atoms with Gasteiger partial charge < -0.3 is 14.2 Å². The molecule has 2 fully saturated rings. The van der Waals surface area contributed by atoms with E-state index in [2.05, 4.69) is 15.0 Å². The lowest BCUT2D eigenvalue weighted by Crippen LogP contribution is -2.37. The lowest BCUT2D eigenvalue weighted by atomic mass is 10.1. The van der Waals surface area contributed by atoms with Gasteiger partial charge in [-0.1, -0.05) is 5.16 Å². The van der Waals surface area contributed by atoms with Crippen molar-refractivity contribution < 1.29 is 14.1 Å². The molecular weight excluding hydrogens is 326 g/mol. The monoisotopic (exact) mass is 347 g/mol. The number of rotatable bonds is 7. The number of aromatic nitrogens is 2. The highest BCUT2D eigenvalue weighted by molar-refractivity contribution is 7.08. The molecule has 1 atom stereocenters. The fourth-order valence-corrected chi connectivity index (χ4v) is 3.70. The molecular formula is C17H21N3O3S. The van der Waals surface area contributed by atoms with Crippen LogP contribution in [0, 0.1) is 5.92 Å². The Hall–Kier alpha value is -1.73. The first-order chi connectivity index (χ1) is 11.8. The predicted octanol–water partition coefficient (Wildman–Crippen LogP) is 2.76. The van der Waals surface area contributed by atoms with Crippen LogP contribution < -0.4 is 0 Å². The molecule has 1 saturated carbocycles. The summed E-state index contributed by atoms with van der Waals surface area (Å²) in [5.74, 6) is 1.81. The summed E-state index contributed by atoms with van der Waals surface area (Å²) in [5.41, 5.74) is 0.960. The zero-order valence-electron chi connectivity index (χ0n) is 13.5. The second-order valence-electron chi connectivity index (χ2n) is 6.53. The van der Waals surface area contributed by atoms with Crippen LogP contribution in [0.3, 0.4) is 0 Å². The standard InChI is InChI=1S/C17H21N3O3S/c21-16(20(14-1-2-14)9-12-5-7-22-10-12)4-3-15-18-17(19-23-15)13-6-8-24-11-13/h6,8,11-12,14H,1-5,7,9-10H2/t12-/m0/s1. The number of amides is 1. The second-order valence-corrected chi connectivity index (χ2v) is 7.31. The minimum Gasteiger partial charge on any atom is -0.381 e. The average molecular weight is 347 g/mol. The Kier molecular flexibility index (Phi) is 4.62. The Balaban J connectivity index is 1.33. The van der Waals surface area contributed by atoms with E-state index in [0.717, 1.165) is 44.6 Å². The van der Waals surface area contributed by atoms with Crippen LogP contribution in [0.15, 0.2) is 21.3 Å². The van der Waals surface area contributed by atoms with Crippen molar-refractivity contribution in [2.75, 3.05) is 19.8 Å². The van der Waals surface area contributed by atoms with Gasteiger partial charge >= 0.3 is 0 Å². The minimum atomic E-state index is 0.194. The van der Waals surface area contributed by atoms with Crippen LogP contribution >= 0.6 is 11.3 Å². The Bertz CT molecular complexity index is 675. The maximum Gasteiger partial charge on any atom is 0.227 e. The van der Waals surface area contributed by atoms with Gasteiger partial charge in [-0.3, -0.25) is 4.79 Å². The van der Waals surface area contributed by atoms with Crippen LogP contribution in [0.5, 0.6) is 0 Å². The fourth-order valence-electron chi connectivity index (χ4n) is 3.07. The van der Waals surface area contributed by atoms with Gasteiger partial charge in [0.25, 0.3) is 0 Å². The number of hydrogen-bond donors (Lipinski definition) is 0. The van der Waals surface area contributed by atoms with Crippen molar-refractivity contribution in [3.05, 3.63) is 22.7 Å². The molecule has 0 aromatic carbocycles. The molecule has 0 radical (unpaired) electrons. The van der Waals surface area contributed by atoms with E-state index in [1.165, 1.54) is 0 Å². The van der Waals surface area contributed by atoms with Gasteiger partial charge in [-0.05, 0) is 30.7 Å². The van der Waals surface area contributed by atoms with E-state index >= 15 is 0 Å². The third kappa shape index (κ3) is 3.67. The third-order valence-electron chi connectivity index (χ3n) is 4.59. The first-order valence-electron chi connectivity index (χ1n) is 8.52. The molecule has 0 N–H and O–H groups in total. The summed E-state index contributed by atoms with van der Waals surface area (Å²) in [5, 5.41) is 7.96. The van der Waals surface area contributed by atoms with Crippen molar-refractivity contribution in [3.63, 3.8) is 0 Å². The van der Waals surface area contributed by atoms with Gasteiger partial charge in [-0.15, -0.1) is 0 Å². The number of aryl methyl sites for hydroxylation is 1. The van der Waals surface area contributed by atoms with Crippen LogP contribution in [0.1, 0.15) is 31.6 Å². The van der Waals surface area contributed by atoms with Gasteiger partial charge in [0, 0.05) is 48.9 Å². The van der Waals surface area contributed by atoms with E-state index in [0.29, 0.717) is 36.5 Å². The molecule has 0 spiro atoms. The molecule has 0 unspecified atom stereocenters. The first-order valence-corrected chi connectivity index (χ1v) is 9.46. The van der Waals surface area contributed by atoms with Crippen LogP contribution in [-0.2, 0) is 16.0 Å². The molecule has 1 aliphatic carbocycles. The van der Waals surface area contributed by atoms with E-state index in [4.69, 9.17) is 9.26 Å². The van der Waals surface area contributed by atoms with E-state index in [1.807, 2.05) is 16.8 Å². The predicted molar refractivity (Wildman–Crippen MR) is 89.6 cm³/mol. The SMILES string of the molecule is O=C(CCc1nc(-c2ccsc2)no1)N(C[C@@H]1CCOC1)C1CC1. The van der Waals surface area contributed by atoms with Crippen molar-refractivity contribution >= 4 is 17.2 Å². The van der Waals surface area contributed by atoms with Crippen molar-refractivity contribution in [2.24, 2.45) is 5.92 Å². The topological polar surface area (TPSA) is 68.5 Å². The second kappa shape index (κ2) is 7.03. The molecule has 4 rings (SSSR count). The van der Waals surface area contributed by atoms with Gasteiger partial charge in [0.05, 0.1) is 6.61 Å². The number of carbonyl (C=O) groups excluding carboxylic acids is 1. The summed E-state index contributed by atoms with van der Waals surface area (Å²) in [6.45, 7) is 2.43. The maximum atomic E-state index is 12.6. The van der Waals surface area contributed by atoms with Crippen molar-refractivity contribution in [3.8, 4) is 11.4 Å². The number of ether oxygens (including phenoxy) is 1. The zero-order valence-corrected chi connectivity index (χ0v) is 14.3. The number of hydrogen-bond acceptors (Lipinski definition) is 6. The number of thiophene rings is 1. The smallest absolute Gasteiger partial charge is 0.227 e. The third-order valence-corrected chi connectivity index (χ3v) is 5.27. The minimum absolute atomic E-state index is 0.194. The largest absolute Gasteiger partial charge is 0.381 e. The van der Waals surface area contributed by atoms with Crippen LogP contribution in [0.4, 0.5) is 0 Å². The fraction of sp³-hybridized carbons (Fsp3) is 0.588. The quantitative estimate of drug-likeness (QED) is 0.770. The molecule has 24 heavy (non-hydrogen) atoms. The molecule has 7 heteroatoms. The normalized spacial score (nSPS) is 20.4. The summed E-state index contributed by atoms with van der Waals surface area (Å²) in [7, 11) is 0. The summed E-state index contributed by atoms with van der Waals surface area (Å²) in [6, 6.07) is 2.39. The lowest BCUT2D eigenvalue weighted by molar-refractivity contribution is -0.132. The van der Waals surface area contributed by atoms with Gasteiger partial charge in [0.2, 0.25) is 17.6 Å². The molecule has 128 valence electrons. The molecule has 1 amide bonds. The lowest BCUT2D eigenvalue weighted by Gasteiger charge is -2.25. The molecule has 3 heterocycles. The molecule has 2 aromatic rings. The van der Waals surface area contributed by atoms with E-state index in [1.54, 1.807) is 11.3 Å². The van der Waals surface area contributed by atoms with E-state index in [9.17, 15) is 4.79 Å². The van der Waals surface area contributed by atoms with Gasteiger partial charge in [-0.2, -0.15) is 16.3 Å². The van der Waals surface area contributed by atoms with Gasteiger partial charge in [-0.25, -0.2) is 0 Å². The summed E-state index contributed by atoms with van der Waals surface area (Å²) < 4.78 is 10.7. The van der Waals surface area contributed by atoms with Crippen LogP contribution in [-0.4, -0.2) is 46.7 Å². The Morgan fingerprint density at radius 1 is 1.38 bits per heavy atom. The highest BCUT2D eigenvalue weighted by Crippen LogP contribution is 2.29. The number of nitrogens with zero attached hydrogens (tertiary/aromatic N) is 3. The Morgan fingerprint density at radius 3 is 3.00 bits per heavy atom. The molecule has 1 saturated heterocycles. The average Bonchev–Trinajstić information content (AvgIpc) is 3.06. The Labute approximate surface area is 144 Å². The van der Waals surface area contributed by atoms with Crippen LogP contribution in [0.25, 0.3) is 11.4 Å². The van der Waals surface area contributed by atoms with Crippen molar-refractivity contribution in [2.45, 2.75) is 38.1 Å². The van der Waals surface area contributed by atoms with Crippen molar-refractivity contribution in [1.29, 1.82) is 0 Å². The zero-order chi connectivity index (χ0) is 16.4. The van der Waals surface area contributed by atoms with Gasteiger partial charge in [0.1, 0.15) is 0 Å². The highest BCUT2D eigenvalue weighted by atomic mass is 32.1. The maximum absolute atomic E-state index is 12.6. The summed E-state index contributed by atoms with van der Waals surface area (Å²) in [4.78, 5) is 19.1. The molecule has 0 bridgehead atoms.